The summed E-state index contributed by atoms with van der Waals surface area (Å²) in [7, 11) is 0. The van der Waals surface area contributed by atoms with Crippen LogP contribution in [0, 0.1) is 5.92 Å². The largest absolute Gasteiger partial charge is 0.385 e. The second kappa shape index (κ2) is 9.48. The van der Waals surface area contributed by atoms with Gasteiger partial charge in [-0.1, -0.05) is 53.0 Å². The number of para-hydroxylation sites is 1. The monoisotopic (exact) mass is 497 g/mol. The molecule has 160 valence electrons. The Hall–Kier alpha value is -2.92. The Morgan fingerprint density at radius 3 is 2.42 bits per heavy atom. The molecule has 3 rings (SSSR count). The minimum atomic E-state index is -1.30. The van der Waals surface area contributed by atoms with E-state index in [1.165, 1.54) is 12.1 Å². The molecule has 0 spiro atoms. The van der Waals surface area contributed by atoms with Gasteiger partial charge in [-0.05, 0) is 36.5 Å². The number of thiocarbonyl (C=S) groups is 1. The molecule has 0 saturated heterocycles. The van der Waals surface area contributed by atoms with Gasteiger partial charge >= 0.3 is 0 Å². The lowest BCUT2D eigenvalue weighted by atomic mass is 10.0. The number of hydrogen-bond donors (Lipinski definition) is 4. The summed E-state index contributed by atoms with van der Waals surface area (Å²) in [6.07, 6.45) is 0. The maximum atomic E-state index is 13.0. The van der Waals surface area contributed by atoms with E-state index in [2.05, 4.69) is 20.9 Å². The van der Waals surface area contributed by atoms with Gasteiger partial charge in [0.15, 0.2) is 5.11 Å². The minimum absolute atomic E-state index is 0.120. The highest BCUT2D eigenvalue weighted by atomic mass is 35.5. The quantitative estimate of drug-likeness (QED) is 0.216. The van der Waals surface area contributed by atoms with E-state index in [1.807, 2.05) is 0 Å². The van der Waals surface area contributed by atoms with Crippen LogP contribution in [0.4, 0.5) is 11.4 Å². The van der Waals surface area contributed by atoms with Crippen molar-refractivity contribution in [3.8, 4) is 0 Å². The van der Waals surface area contributed by atoms with Crippen molar-refractivity contribution in [2.24, 2.45) is 27.6 Å². The molecule has 2 amide bonds. The lowest BCUT2D eigenvalue weighted by Gasteiger charge is -2.16. The van der Waals surface area contributed by atoms with Crippen LogP contribution in [0.25, 0.3) is 0 Å². The van der Waals surface area contributed by atoms with E-state index in [-0.39, 0.29) is 37.4 Å². The maximum absolute atomic E-state index is 13.0. The van der Waals surface area contributed by atoms with Crippen LogP contribution in [-0.2, 0) is 9.59 Å². The summed E-state index contributed by atoms with van der Waals surface area (Å²) in [5.74, 6) is -2.85. The number of amidine groups is 1. The fraction of sp³-hybridized carbons (Fsp3) is 0.0556. The van der Waals surface area contributed by atoms with Crippen molar-refractivity contribution in [3.05, 3.63) is 57.5 Å². The first kappa shape index (κ1) is 22.8. The summed E-state index contributed by atoms with van der Waals surface area (Å²) >= 11 is 22.8. The van der Waals surface area contributed by atoms with Gasteiger partial charge in [-0.3, -0.25) is 15.0 Å². The summed E-state index contributed by atoms with van der Waals surface area (Å²) < 4.78 is 0. The zero-order chi connectivity index (χ0) is 22.7. The molecule has 1 aliphatic rings. The Balaban J connectivity index is 1.94. The number of carbonyl (C=O) groups is 2. The first-order chi connectivity index (χ1) is 14.7. The zero-order valence-electron chi connectivity index (χ0n) is 15.5. The van der Waals surface area contributed by atoms with Crippen LogP contribution < -0.4 is 27.2 Å². The third kappa shape index (κ3) is 5.05. The highest BCUT2D eigenvalue weighted by Crippen LogP contribution is 2.32. The molecule has 0 saturated carbocycles. The number of amides is 2. The van der Waals surface area contributed by atoms with Crippen molar-refractivity contribution in [1.82, 2.24) is 5.43 Å². The normalized spacial score (nSPS) is 16.2. The van der Waals surface area contributed by atoms with Gasteiger partial charge in [0.25, 0.3) is 11.8 Å². The van der Waals surface area contributed by atoms with E-state index in [0.29, 0.717) is 5.69 Å². The Morgan fingerprint density at radius 2 is 1.77 bits per heavy atom. The molecule has 0 fully saturated rings. The standard InChI is InChI=1S/C18H14Cl3N7O2S/c19-9-6-11(21)12(7-10(9)20)24-16(29)14(25-26-18(23)31)13-15(22)27-28(17(13)30)8-4-2-1-3-5-8/h1-7,13H,(H2,22,27)(H,24,29)(H3,23,26,31)/b25-14+/t13-/m1/s1. The number of hydrazone groups is 2. The van der Waals surface area contributed by atoms with Gasteiger partial charge in [0.1, 0.15) is 17.5 Å². The number of benzene rings is 2. The number of rotatable bonds is 5. The number of nitrogens with one attached hydrogen (secondary N) is 2. The van der Waals surface area contributed by atoms with Crippen molar-refractivity contribution in [2.75, 3.05) is 10.3 Å². The Bertz CT molecular complexity index is 1120. The molecule has 31 heavy (non-hydrogen) atoms. The topological polar surface area (TPSA) is 138 Å². The molecule has 1 atom stereocenters. The molecule has 0 aromatic heterocycles. The van der Waals surface area contributed by atoms with E-state index in [4.69, 9.17) is 58.5 Å². The van der Waals surface area contributed by atoms with Gasteiger partial charge in [-0.15, -0.1) is 0 Å². The van der Waals surface area contributed by atoms with Crippen molar-refractivity contribution in [2.45, 2.75) is 0 Å². The number of halogens is 3. The molecule has 1 aliphatic heterocycles. The van der Waals surface area contributed by atoms with Gasteiger partial charge in [0.05, 0.1) is 26.4 Å². The third-order valence-electron chi connectivity index (χ3n) is 4.02. The zero-order valence-corrected chi connectivity index (χ0v) is 18.6. The summed E-state index contributed by atoms with van der Waals surface area (Å²) in [5.41, 5.74) is 14.0. The van der Waals surface area contributed by atoms with E-state index >= 15 is 0 Å². The lowest BCUT2D eigenvalue weighted by molar-refractivity contribution is -0.119. The Morgan fingerprint density at radius 1 is 1.13 bits per heavy atom. The molecule has 0 unspecified atom stereocenters. The van der Waals surface area contributed by atoms with Gasteiger partial charge in [-0.2, -0.15) is 15.2 Å². The summed E-state index contributed by atoms with van der Waals surface area (Å²) in [6.45, 7) is 0. The number of carbonyl (C=O) groups excluding carboxylic acids is 2. The molecule has 0 radical (unpaired) electrons. The average molecular weight is 499 g/mol. The molecule has 1 heterocycles. The van der Waals surface area contributed by atoms with Crippen LogP contribution in [-0.4, -0.2) is 28.5 Å². The fourth-order valence-electron chi connectivity index (χ4n) is 2.65. The van der Waals surface area contributed by atoms with Crippen LogP contribution in [0.15, 0.2) is 52.7 Å². The van der Waals surface area contributed by atoms with Crippen molar-refractivity contribution < 1.29 is 9.59 Å². The minimum Gasteiger partial charge on any atom is -0.385 e. The predicted molar refractivity (Wildman–Crippen MR) is 126 cm³/mol. The fourth-order valence-corrected chi connectivity index (χ4v) is 3.29. The van der Waals surface area contributed by atoms with Crippen molar-refractivity contribution in [1.29, 1.82) is 0 Å². The number of hydrogen-bond acceptors (Lipinski definition) is 6. The number of nitrogens with zero attached hydrogens (tertiary/aromatic N) is 3. The molecule has 0 bridgehead atoms. The third-order valence-corrected chi connectivity index (χ3v) is 5.14. The van der Waals surface area contributed by atoms with Gasteiger partial charge < -0.3 is 16.8 Å². The van der Waals surface area contributed by atoms with Crippen molar-refractivity contribution in [3.63, 3.8) is 0 Å². The Kier molecular flexibility index (Phi) is 6.96. The SMILES string of the molecule is NC(=S)N/N=C(/C(=O)Nc1cc(Cl)c(Cl)cc1Cl)[C@H]1C(=O)N(c2ccccc2)N=C1N. The number of anilines is 2. The second-order valence-electron chi connectivity index (χ2n) is 6.12. The average Bonchev–Trinajstić information content (AvgIpc) is 3.01. The highest BCUT2D eigenvalue weighted by molar-refractivity contribution is 7.80. The molecular weight excluding hydrogens is 485 g/mol. The summed E-state index contributed by atoms with van der Waals surface area (Å²) in [6, 6.07) is 11.3. The molecule has 2 aromatic rings. The maximum Gasteiger partial charge on any atom is 0.273 e. The van der Waals surface area contributed by atoms with Gasteiger partial charge in [-0.25, -0.2) is 0 Å². The predicted octanol–water partition coefficient (Wildman–Crippen LogP) is 2.71. The highest BCUT2D eigenvalue weighted by Gasteiger charge is 2.42. The van der Waals surface area contributed by atoms with E-state index < -0.39 is 17.7 Å². The van der Waals surface area contributed by atoms with Crippen LogP contribution in [0.1, 0.15) is 0 Å². The summed E-state index contributed by atoms with van der Waals surface area (Å²) in [4.78, 5) is 26.1. The van der Waals surface area contributed by atoms with Crippen LogP contribution >= 0.6 is 47.0 Å². The molecule has 13 heteroatoms. The van der Waals surface area contributed by atoms with Crippen molar-refractivity contribution >= 4 is 86.9 Å². The molecular formula is C18H14Cl3N7O2S. The van der Waals surface area contributed by atoms with Crippen LogP contribution in [0.3, 0.4) is 0 Å². The molecule has 9 nitrogen and oxygen atoms in total. The van der Waals surface area contributed by atoms with E-state index in [0.717, 1.165) is 5.01 Å². The van der Waals surface area contributed by atoms with E-state index in [9.17, 15) is 9.59 Å². The molecule has 6 N–H and O–H groups in total. The molecule has 0 aliphatic carbocycles. The lowest BCUT2D eigenvalue weighted by Crippen LogP contribution is -2.43. The Labute approximate surface area is 197 Å². The van der Waals surface area contributed by atoms with Crippen LogP contribution in [0.5, 0.6) is 0 Å². The first-order valence-corrected chi connectivity index (χ1v) is 10.0. The van der Waals surface area contributed by atoms with E-state index in [1.54, 1.807) is 30.3 Å². The smallest absolute Gasteiger partial charge is 0.273 e. The van der Waals surface area contributed by atoms with Crippen LogP contribution in [0.2, 0.25) is 15.1 Å². The summed E-state index contributed by atoms with van der Waals surface area (Å²) in [5, 5.41) is 11.8. The van der Waals surface area contributed by atoms with Gasteiger partial charge in [0, 0.05) is 0 Å². The first-order valence-electron chi connectivity index (χ1n) is 8.51. The number of nitrogens with two attached hydrogens (primary N) is 2. The van der Waals surface area contributed by atoms with Gasteiger partial charge in [0.2, 0.25) is 0 Å². The molecule has 2 aromatic carbocycles. The second-order valence-corrected chi connectivity index (χ2v) is 7.78.